The Morgan fingerprint density at radius 2 is 1.07 bits per heavy atom. The van der Waals surface area contributed by atoms with Gasteiger partial charge in [0, 0.05) is 0 Å². The van der Waals surface area contributed by atoms with Crippen LogP contribution in [0.25, 0.3) is 0 Å². The summed E-state index contributed by atoms with van der Waals surface area (Å²) < 4.78 is 6.08. The van der Waals surface area contributed by atoms with Crippen LogP contribution >= 0.6 is 0 Å². The Hall–Kier alpha value is -0.200. The first-order valence-electron chi connectivity index (χ1n) is 5.14. The van der Waals surface area contributed by atoms with E-state index in [2.05, 4.69) is 10.6 Å². The number of nitrogens with zero attached hydrogens (tertiary/aromatic N) is 2. The number of hydrogen-bond acceptors (Lipinski definition) is 5. The summed E-state index contributed by atoms with van der Waals surface area (Å²) in [6.07, 6.45) is 0. The van der Waals surface area contributed by atoms with Crippen LogP contribution in [0.5, 0.6) is 0 Å². The van der Waals surface area contributed by atoms with Gasteiger partial charge in [0.05, 0.1) is 0 Å². The Labute approximate surface area is 93.8 Å². The van der Waals surface area contributed by atoms with E-state index < -0.39 is 11.7 Å². The van der Waals surface area contributed by atoms with Crippen molar-refractivity contribution in [2.75, 3.05) is 42.3 Å². The van der Waals surface area contributed by atoms with E-state index in [1.54, 1.807) is 0 Å². The molecule has 92 valence electrons. The fraction of sp³-hybridized carbons (Fsp3) is 1.00. The van der Waals surface area contributed by atoms with E-state index in [0.717, 1.165) is 0 Å². The molecule has 0 aromatic rings. The summed E-state index contributed by atoms with van der Waals surface area (Å²) in [5.41, 5.74) is 0. The van der Waals surface area contributed by atoms with E-state index in [1.165, 1.54) is 0 Å². The largest absolute Gasteiger partial charge is 0.313 e. The number of hydrogen-bond donors (Lipinski definition) is 2. The maximum atomic E-state index is 6.08. The molecule has 0 rings (SSSR count). The molecular weight excluding hydrogens is 192 g/mol. The van der Waals surface area contributed by atoms with Crippen molar-refractivity contribution >= 4 is 0 Å². The fourth-order valence-corrected chi connectivity index (χ4v) is 1.12. The van der Waals surface area contributed by atoms with Crippen molar-refractivity contribution in [3.05, 3.63) is 0 Å². The molecule has 0 radical (unpaired) electrons. The van der Waals surface area contributed by atoms with E-state index >= 15 is 0 Å². The van der Waals surface area contributed by atoms with Gasteiger partial charge in [-0.25, -0.2) is 0 Å². The summed E-state index contributed by atoms with van der Waals surface area (Å²) in [6, 6.07) is 0. The van der Waals surface area contributed by atoms with Gasteiger partial charge in [0.1, 0.15) is 0 Å². The molecule has 15 heavy (non-hydrogen) atoms. The normalized spacial score (nSPS) is 20.4. The van der Waals surface area contributed by atoms with Crippen molar-refractivity contribution in [2.24, 2.45) is 0 Å². The second-order valence-electron chi connectivity index (χ2n) is 4.36. The third-order valence-electron chi connectivity index (χ3n) is 3.03. The monoisotopic (exact) mass is 218 g/mol. The van der Waals surface area contributed by atoms with E-state index in [4.69, 9.17) is 4.74 Å². The van der Waals surface area contributed by atoms with Crippen molar-refractivity contribution in [1.82, 2.24) is 20.4 Å². The van der Waals surface area contributed by atoms with Crippen molar-refractivity contribution in [3.8, 4) is 0 Å². The zero-order valence-electron chi connectivity index (χ0n) is 11.3. The molecule has 0 fully saturated rings. The van der Waals surface area contributed by atoms with Crippen LogP contribution in [0, 0.1) is 0 Å². The lowest BCUT2D eigenvalue weighted by Gasteiger charge is -2.46. The molecule has 5 heteroatoms. The minimum Gasteiger partial charge on any atom is -0.313 e. The highest BCUT2D eigenvalue weighted by atomic mass is 16.6. The maximum absolute atomic E-state index is 6.08. The van der Waals surface area contributed by atoms with Crippen LogP contribution in [-0.2, 0) is 4.74 Å². The Kier molecular flexibility index (Phi) is 5.16. The smallest absolute Gasteiger partial charge is 0.177 e. The van der Waals surface area contributed by atoms with Gasteiger partial charge in [0.15, 0.2) is 11.7 Å². The maximum Gasteiger partial charge on any atom is 0.177 e. The Morgan fingerprint density at radius 1 is 0.800 bits per heavy atom. The van der Waals surface area contributed by atoms with Crippen LogP contribution < -0.4 is 10.6 Å². The predicted octanol–water partition coefficient (Wildman–Crippen LogP) is -0.0876. The van der Waals surface area contributed by atoms with Gasteiger partial charge in [-0.2, -0.15) is 0 Å². The van der Waals surface area contributed by atoms with E-state index in [-0.39, 0.29) is 0 Å². The van der Waals surface area contributed by atoms with Gasteiger partial charge in [-0.1, -0.05) is 0 Å². The number of rotatable bonds is 6. The Morgan fingerprint density at radius 3 is 1.20 bits per heavy atom. The summed E-state index contributed by atoms with van der Waals surface area (Å²) in [5, 5.41) is 6.32. The SMILES string of the molecule is CNC(C)(OC(C)(NC)N(C)C)N(C)C. The van der Waals surface area contributed by atoms with E-state index in [0.29, 0.717) is 0 Å². The van der Waals surface area contributed by atoms with E-state index in [1.807, 2.05) is 65.9 Å². The van der Waals surface area contributed by atoms with Gasteiger partial charge in [-0.05, 0) is 56.1 Å². The van der Waals surface area contributed by atoms with Gasteiger partial charge in [-0.15, -0.1) is 0 Å². The average Bonchev–Trinajstić information content (AvgIpc) is 2.16. The molecule has 0 saturated heterocycles. The van der Waals surface area contributed by atoms with Crippen molar-refractivity contribution in [1.29, 1.82) is 0 Å². The van der Waals surface area contributed by atoms with Crippen LogP contribution in [0.3, 0.4) is 0 Å². The lowest BCUT2D eigenvalue weighted by atomic mass is 10.3. The molecule has 0 aliphatic rings. The van der Waals surface area contributed by atoms with Gasteiger partial charge in [-0.3, -0.25) is 20.4 Å². The number of ether oxygens (including phenoxy) is 1. The molecule has 2 atom stereocenters. The third-order valence-corrected chi connectivity index (χ3v) is 3.03. The molecule has 0 aliphatic heterocycles. The van der Waals surface area contributed by atoms with Crippen molar-refractivity contribution < 1.29 is 4.74 Å². The van der Waals surface area contributed by atoms with Crippen molar-refractivity contribution in [3.63, 3.8) is 0 Å². The highest BCUT2D eigenvalue weighted by Crippen LogP contribution is 2.19. The third kappa shape index (κ3) is 3.39. The molecule has 0 aliphatic carbocycles. The Bertz CT molecular complexity index is 178. The fourth-order valence-electron chi connectivity index (χ4n) is 1.12. The summed E-state index contributed by atoms with van der Waals surface area (Å²) in [7, 11) is 11.7. The second kappa shape index (κ2) is 5.23. The molecule has 0 aromatic carbocycles. The molecule has 0 saturated carbocycles. The highest BCUT2D eigenvalue weighted by Gasteiger charge is 2.37. The van der Waals surface area contributed by atoms with Crippen LogP contribution in [-0.4, -0.2) is 63.8 Å². The first-order valence-corrected chi connectivity index (χ1v) is 5.14. The summed E-state index contributed by atoms with van der Waals surface area (Å²) in [5.74, 6) is -1.02. The minimum atomic E-state index is -0.512. The second-order valence-corrected chi connectivity index (χ2v) is 4.36. The predicted molar refractivity (Wildman–Crippen MR) is 63.4 cm³/mol. The molecule has 0 heterocycles. The lowest BCUT2D eigenvalue weighted by Crippen LogP contribution is -2.65. The molecule has 0 amide bonds. The van der Waals surface area contributed by atoms with Gasteiger partial charge in [0.25, 0.3) is 0 Å². The van der Waals surface area contributed by atoms with Crippen molar-refractivity contribution in [2.45, 2.75) is 25.5 Å². The molecule has 2 N–H and O–H groups in total. The Balaban J connectivity index is 4.79. The zero-order valence-corrected chi connectivity index (χ0v) is 11.3. The van der Waals surface area contributed by atoms with Crippen LogP contribution in [0.15, 0.2) is 0 Å². The topological polar surface area (TPSA) is 39.8 Å². The minimum absolute atomic E-state index is 0.512. The molecule has 0 bridgehead atoms. The zero-order chi connectivity index (χ0) is 12.3. The first-order chi connectivity index (χ1) is 6.72. The molecule has 0 aromatic heterocycles. The van der Waals surface area contributed by atoms with Crippen LogP contribution in [0.4, 0.5) is 0 Å². The molecular formula is C10H26N4O. The van der Waals surface area contributed by atoms with E-state index in [9.17, 15) is 0 Å². The summed E-state index contributed by atoms with van der Waals surface area (Å²) in [6.45, 7) is 3.98. The summed E-state index contributed by atoms with van der Waals surface area (Å²) >= 11 is 0. The van der Waals surface area contributed by atoms with Gasteiger partial charge >= 0.3 is 0 Å². The lowest BCUT2D eigenvalue weighted by molar-refractivity contribution is -0.268. The average molecular weight is 218 g/mol. The highest BCUT2D eigenvalue weighted by molar-refractivity contribution is 4.75. The standard InChI is InChI=1S/C10H26N4O/c1-9(11-3,13(5)6)15-10(2,12-4)14(7)8/h11-12H,1-8H3. The van der Waals surface area contributed by atoms with Gasteiger partial charge < -0.3 is 4.74 Å². The number of nitrogens with one attached hydrogen (secondary N) is 2. The van der Waals surface area contributed by atoms with Crippen LogP contribution in [0.1, 0.15) is 13.8 Å². The quantitative estimate of drug-likeness (QED) is 0.610. The van der Waals surface area contributed by atoms with Gasteiger partial charge in [0.2, 0.25) is 0 Å². The first kappa shape index (κ1) is 14.8. The molecule has 5 nitrogen and oxygen atoms in total. The molecule has 2 unspecified atom stereocenters. The summed E-state index contributed by atoms with van der Waals surface area (Å²) in [4.78, 5) is 3.98. The molecule has 0 spiro atoms. The van der Waals surface area contributed by atoms with Crippen LogP contribution in [0.2, 0.25) is 0 Å².